The number of aliphatic carboxylic acids is 1. The maximum Gasteiger partial charge on any atom is 0.320 e. The Balaban J connectivity index is 1.23. The fourth-order valence-corrected chi connectivity index (χ4v) is 5.33. The van der Waals surface area contributed by atoms with Crippen LogP contribution >= 0.6 is 0 Å². The van der Waals surface area contributed by atoms with Crippen molar-refractivity contribution in [2.75, 3.05) is 6.54 Å². The molecule has 35 heavy (non-hydrogen) atoms. The number of amides is 1. The summed E-state index contributed by atoms with van der Waals surface area (Å²) in [5, 5.41) is 9.37. The molecule has 2 heterocycles. The van der Waals surface area contributed by atoms with Crippen LogP contribution in [0.3, 0.4) is 0 Å². The lowest BCUT2D eigenvalue weighted by Crippen LogP contribution is -2.44. The molecule has 0 bridgehead atoms. The molecule has 0 aromatic heterocycles. The molecule has 0 spiro atoms. The van der Waals surface area contributed by atoms with E-state index in [2.05, 4.69) is 0 Å². The van der Waals surface area contributed by atoms with E-state index in [1.54, 1.807) is 17.0 Å². The molecular formula is C27H28N2O6. The molecule has 5 rings (SSSR count). The number of hydrogen-bond donors (Lipinski definition) is 1. The van der Waals surface area contributed by atoms with E-state index >= 15 is 0 Å². The SMILES string of the molecule is O=C1CCC(N2Cc3c(OCc4ccc(CN5CCC[C@H]5C(=O)O)cc4)cccc3C2=O)C(=O)C1. The highest BCUT2D eigenvalue weighted by Gasteiger charge is 2.40. The van der Waals surface area contributed by atoms with Crippen LogP contribution < -0.4 is 4.74 Å². The summed E-state index contributed by atoms with van der Waals surface area (Å²) in [6, 6.07) is 12.3. The van der Waals surface area contributed by atoms with Crippen LogP contribution in [0, 0.1) is 0 Å². The van der Waals surface area contributed by atoms with Gasteiger partial charge >= 0.3 is 5.97 Å². The van der Waals surface area contributed by atoms with E-state index in [1.165, 1.54) is 0 Å². The number of ether oxygens (including phenoxy) is 1. The number of nitrogens with zero attached hydrogens (tertiary/aromatic N) is 2. The Morgan fingerprint density at radius 1 is 1.03 bits per heavy atom. The van der Waals surface area contributed by atoms with Crippen LogP contribution in [-0.4, -0.2) is 57.0 Å². The average molecular weight is 477 g/mol. The normalized spacial score (nSPS) is 22.5. The predicted molar refractivity (Wildman–Crippen MR) is 126 cm³/mol. The molecule has 1 aliphatic carbocycles. The third kappa shape index (κ3) is 4.71. The molecule has 8 nitrogen and oxygen atoms in total. The molecule has 1 saturated heterocycles. The molecule has 1 unspecified atom stereocenters. The molecule has 1 N–H and O–H groups in total. The summed E-state index contributed by atoms with van der Waals surface area (Å²) in [6.07, 6.45) is 2.20. The third-order valence-corrected chi connectivity index (χ3v) is 7.22. The average Bonchev–Trinajstić information content (AvgIpc) is 3.44. The summed E-state index contributed by atoms with van der Waals surface area (Å²) in [5.41, 5.74) is 3.33. The fourth-order valence-electron chi connectivity index (χ4n) is 5.33. The Morgan fingerprint density at radius 3 is 2.54 bits per heavy atom. The quantitative estimate of drug-likeness (QED) is 0.613. The Morgan fingerprint density at radius 2 is 1.80 bits per heavy atom. The van der Waals surface area contributed by atoms with Crippen LogP contribution in [0.2, 0.25) is 0 Å². The Hall–Kier alpha value is -3.52. The van der Waals surface area contributed by atoms with Gasteiger partial charge in [-0.05, 0) is 49.1 Å². The van der Waals surface area contributed by atoms with Crippen molar-refractivity contribution >= 4 is 23.4 Å². The van der Waals surface area contributed by atoms with Crippen molar-refractivity contribution in [3.63, 3.8) is 0 Å². The highest BCUT2D eigenvalue weighted by molar-refractivity contribution is 6.07. The first-order chi connectivity index (χ1) is 16.9. The van der Waals surface area contributed by atoms with E-state index in [0.29, 0.717) is 50.3 Å². The molecule has 2 fully saturated rings. The highest BCUT2D eigenvalue weighted by Crippen LogP contribution is 2.34. The van der Waals surface area contributed by atoms with Crippen molar-refractivity contribution in [2.24, 2.45) is 0 Å². The second-order valence-corrected chi connectivity index (χ2v) is 9.52. The van der Waals surface area contributed by atoms with Gasteiger partial charge in [0.1, 0.15) is 24.2 Å². The molecule has 2 aromatic carbocycles. The lowest BCUT2D eigenvalue weighted by atomic mass is 9.92. The Kier molecular flexibility index (Phi) is 6.38. The molecule has 2 aromatic rings. The summed E-state index contributed by atoms with van der Waals surface area (Å²) in [6.45, 7) is 2.02. The monoisotopic (exact) mass is 476 g/mol. The molecule has 1 amide bonds. The van der Waals surface area contributed by atoms with Gasteiger partial charge in [0.15, 0.2) is 5.78 Å². The lowest BCUT2D eigenvalue weighted by molar-refractivity contribution is -0.142. The number of carbonyl (C=O) groups excluding carboxylic acids is 3. The molecule has 2 aliphatic heterocycles. The van der Waals surface area contributed by atoms with Crippen molar-refractivity contribution in [1.29, 1.82) is 0 Å². The molecule has 182 valence electrons. The van der Waals surface area contributed by atoms with E-state index in [0.717, 1.165) is 29.7 Å². The number of benzene rings is 2. The summed E-state index contributed by atoms with van der Waals surface area (Å²) >= 11 is 0. The number of likely N-dealkylation sites (tertiary alicyclic amines) is 1. The topological polar surface area (TPSA) is 104 Å². The number of fused-ring (bicyclic) bond motifs is 1. The minimum Gasteiger partial charge on any atom is -0.489 e. The standard InChI is InChI=1S/C27H28N2O6/c30-19-10-11-22(24(31)13-19)29-15-21-20(26(29)32)3-1-5-25(21)35-16-18-8-6-17(7-9-18)14-28-12-2-4-23(28)27(33)34/h1,3,5-9,22-23H,2,4,10-16H2,(H,33,34)/t22?,23-/m0/s1. The molecule has 3 aliphatic rings. The molecule has 1 saturated carbocycles. The number of carboxylic acid groups (broad SMARTS) is 1. The van der Waals surface area contributed by atoms with Crippen molar-refractivity contribution in [3.05, 3.63) is 64.7 Å². The maximum absolute atomic E-state index is 13.0. The lowest BCUT2D eigenvalue weighted by Gasteiger charge is -2.29. The van der Waals surface area contributed by atoms with E-state index < -0.39 is 18.1 Å². The van der Waals surface area contributed by atoms with Crippen molar-refractivity contribution in [3.8, 4) is 5.75 Å². The fraction of sp³-hybridized carbons (Fsp3) is 0.407. The van der Waals surface area contributed by atoms with Crippen LogP contribution in [0.4, 0.5) is 0 Å². The van der Waals surface area contributed by atoms with Gasteiger partial charge in [0.05, 0.1) is 19.0 Å². The van der Waals surface area contributed by atoms with Gasteiger partial charge in [-0.25, -0.2) is 0 Å². The van der Waals surface area contributed by atoms with E-state index in [-0.39, 0.29) is 23.9 Å². The smallest absolute Gasteiger partial charge is 0.320 e. The van der Waals surface area contributed by atoms with Gasteiger partial charge in [-0.15, -0.1) is 0 Å². The summed E-state index contributed by atoms with van der Waals surface area (Å²) in [7, 11) is 0. The van der Waals surface area contributed by atoms with Crippen LogP contribution in [0.25, 0.3) is 0 Å². The van der Waals surface area contributed by atoms with E-state index in [1.807, 2.05) is 35.2 Å². The number of rotatable bonds is 7. The molecule has 0 radical (unpaired) electrons. The van der Waals surface area contributed by atoms with Gasteiger partial charge < -0.3 is 14.7 Å². The number of ketones is 2. The van der Waals surface area contributed by atoms with Crippen LogP contribution in [0.1, 0.15) is 59.2 Å². The van der Waals surface area contributed by atoms with Crippen molar-refractivity contribution < 1.29 is 29.0 Å². The van der Waals surface area contributed by atoms with Crippen LogP contribution in [-0.2, 0) is 34.1 Å². The van der Waals surface area contributed by atoms with E-state index in [9.17, 15) is 24.3 Å². The Labute approximate surface area is 203 Å². The van der Waals surface area contributed by atoms with Gasteiger partial charge in [0.2, 0.25) is 0 Å². The first kappa shape index (κ1) is 23.2. The van der Waals surface area contributed by atoms with E-state index in [4.69, 9.17) is 4.74 Å². The van der Waals surface area contributed by atoms with Gasteiger partial charge in [-0.1, -0.05) is 30.3 Å². The second-order valence-electron chi connectivity index (χ2n) is 9.52. The molecule has 8 heteroatoms. The Bertz CT molecular complexity index is 1170. The third-order valence-electron chi connectivity index (χ3n) is 7.22. The number of Topliss-reactive ketones (excluding diaryl/α,β-unsaturated/α-hetero) is 2. The second kappa shape index (κ2) is 9.62. The summed E-state index contributed by atoms with van der Waals surface area (Å²) < 4.78 is 6.08. The largest absolute Gasteiger partial charge is 0.489 e. The zero-order valence-corrected chi connectivity index (χ0v) is 19.4. The van der Waals surface area contributed by atoms with Crippen LogP contribution in [0.5, 0.6) is 5.75 Å². The summed E-state index contributed by atoms with van der Waals surface area (Å²) in [5.74, 6) is -0.588. The minimum atomic E-state index is -0.763. The predicted octanol–water partition coefficient (Wildman–Crippen LogP) is 2.96. The number of hydrogen-bond acceptors (Lipinski definition) is 6. The zero-order chi connectivity index (χ0) is 24.5. The summed E-state index contributed by atoms with van der Waals surface area (Å²) in [4.78, 5) is 51.9. The zero-order valence-electron chi connectivity index (χ0n) is 19.4. The van der Waals surface area contributed by atoms with Crippen LogP contribution in [0.15, 0.2) is 42.5 Å². The van der Waals surface area contributed by atoms with Crippen molar-refractivity contribution in [2.45, 2.75) is 63.9 Å². The van der Waals surface area contributed by atoms with Gasteiger partial charge in [0.25, 0.3) is 5.91 Å². The number of carboxylic acids is 1. The van der Waals surface area contributed by atoms with Gasteiger partial charge in [-0.2, -0.15) is 0 Å². The molecular weight excluding hydrogens is 448 g/mol. The first-order valence-electron chi connectivity index (χ1n) is 12.1. The maximum atomic E-state index is 13.0. The van der Waals surface area contributed by atoms with Gasteiger partial charge in [0, 0.05) is 24.1 Å². The van der Waals surface area contributed by atoms with Crippen molar-refractivity contribution in [1.82, 2.24) is 9.80 Å². The minimum absolute atomic E-state index is 0.0624. The van der Waals surface area contributed by atoms with Gasteiger partial charge in [-0.3, -0.25) is 24.1 Å². The molecule has 2 atom stereocenters. The highest BCUT2D eigenvalue weighted by atomic mass is 16.5. The number of carbonyl (C=O) groups is 4. The first-order valence-corrected chi connectivity index (χ1v) is 12.1.